The van der Waals surface area contributed by atoms with Crippen molar-refractivity contribution in [2.24, 2.45) is 5.92 Å². The Bertz CT molecular complexity index is 759. The van der Waals surface area contributed by atoms with E-state index in [0.717, 1.165) is 25.9 Å². The SMILES string of the molecule is CCCNC(=O)C1C=C2c3cccc4[nH]cc(c34)CC2NC1. The van der Waals surface area contributed by atoms with Crippen LogP contribution in [0.3, 0.4) is 0 Å². The number of hydrogen-bond donors (Lipinski definition) is 3. The van der Waals surface area contributed by atoms with Crippen molar-refractivity contribution < 1.29 is 4.79 Å². The number of amides is 1. The number of H-pyrrole nitrogens is 1. The average molecular weight is 295 g/mol. The van der Waals surface area contributed by atoms with Crippen LogP contribution in [0.15, 0.2) is 30.5 Å². The highest BCUT2D eigenvalue weighted by atomic mass is 16.1. The van der Waals surface area contributed by atoms with E-state index >= 15 is 0 Å². The van der Waals surface area contributed by atoms with Crippen molar-refractivity contribution in [1.29, 1.82) is 0 Å². The Morgan fingerprint density at radius 3 is 3.18 bits per heavy atom. The second kappa shape index (κ2) is 5.29. The maximum Gasteiger partial charge on any atom is 0.228 e. The number of aromatic nitrogens is 1. The predicted molar refractivity (Wildman–Crippen MR) is 88.6 cm³/mol. The molecule has 1 amide bonds. The molecule has 4 nitrogen and oxygen atoms in total. The molecule has 0 radical (unpaired) electrons. The second-order valence-electron chi connectivity index (χ2n) is 6.23. The first-order valence-electron chi connectivity index (χ1n) is 8.10. The van der Waals surface area contributed by atoms with Gasteiger partial charge in [-0.1, -0.05) is 25.1 Å². The molecule has 2 heterocycles. The maximum absolute atomic E-state index is 12.3. The maximum atomic E-state index is 12.3. The monoisotopic (exact) mass is 295 g/mol. The Hall–Kier alpha value is -2.07. The number of benzene rings is 1. The summed E-state index contributed by atoms with van der Waals surface area (Å²) < 4.78 is 0. The number of carbonyl (C=O) groups excluding carboxylic acids is 1. The fourth-order valence-corrected chi connectivity index (χ4v) is 3.66. The van der Waals surface area contributed by atoms with Crippen LogP contribution in [0, 0.1) is 5.92 Å². The first kappa shape index (κ1) is 13.6. The van der Waals surface area contributed by atoms with Crippen LogP contribution in [0.25, 0.3) is 16.5 Å². The van der Waals surface area contributed by atoms with Gasteiger partial charge in [0.05, 0.1) is 5.92 Å². The lowest BCUT2D eigenvalue weighted by molar-refractivity contribution is -0.123. The van der Waals surface area contributed by atoms with Gasteiger partial charge in [0, 0.05) is 36.2 Å². The summed E-state index contributed by atoms with van der Waals surface area (Å²) in [7, 11) is 0. The summed E-state index contributed by atoms with van der Waals surface area (Å²) in [5.74, 6) is 0.0564. The van der Waals surface area contributed by atoms with Gasteiger partial charge in [0.25, 0.3) is 0 Å². The zero-order valence-corrected chi connectivity index (χ0v) is 12.8. The van der Waals surface area contributed by atoms with Crippen molar-refractivity contribution in [3.8, 4) is 0 Å². The highest BCUT2D eigenvalue weighted by molar-refractivity contribution is 5.99. The quantitative estimate of drug-likeness (QED) is 0.813. The van der Waals surface area contributed by atoms with Crippen LogP contribution in [-0.4, -0.2) is 30.0 Å². The van der Waals surface area contributed by atoms with Crippen LogP contribution in [-0.2, 0) is 11.2 Å². The molecule has 1 aromatic heterocycles. The standard InChI is InChI=1S/C18H21N3O/c1-2-6-19-18(22)12-7-14-13-4-3-5-15-17(13)11(9-20-15)8-16(14)21-10-12/h3-5,7,9,12,16,20-21H,2,6,8,10H2,1H3,(H,19,22). The summed E-state index contributed by atoms with van der Waals surface area (Å²) in [6.45, 7) is 3.54. The van der Waals surface area contributed by atoms with Gasteiger partial charge in [-0.2, -0.15) is 0 Å². The van der Waals surface area contributed by atoms with E-state index in [9.17, 15) is 4.79 Å². The average Bonchev–Trinajstić information content (AvgIpc) is 2.97. The molecule has 0 fully saturated rings. The molecule has 2 unspecified atom stereocenters. The van der Waals surface area contributed by atoms with Gasteiger partial charge in [-0.3, -0.25) is 4.79 Å². The number of nitrogens with one attached hydrogen (secondary N) is 3. The van der Waals surface area contributed by atoms with Gasteiger partial charge in [0.15, 0.2) is 0 Å². The van der Waals surface area contributed by atoms with Crippen molar-refractivity contribution in [1.82, 2.24) is 15.6 Å². The Kier molecular flexibility index (Phi) is 3.26. The molecule has 2 aliphatic rings. The number of fused-ring (bicyclic) bond motifs is 2. The molecule has 1 aliphatic carbocycles. The van der Waals surface area contributed by atoms with Crippen molar-refractivity contribution in [3.05, 3.63) is 41.6 Å². The van der Waals surface area contributed by atoms with Gasteiger partial charge >= 0.3 is 0 Å². The van der Waals surface area contributed by atoms with Crippen LogP contribution in [0.1, 0.15) is 24.5 Å². The lowest BCUT2D eigenvalue weighted by Crippen LogP contribution is -2.45. The first-order valence-corrected chi connectivity index (χ1v) is 8.10. The molecular formula is C18H21N3O. The Labute approximate surface area is 130 Å². The normalized spacial score (nSPS) is 23.0. The lowest BCUT2D eigenvalue weighted by Gasteiger charge is -2.33. The van der Waals surface area contributed by atoms with Crippen molar-refractivity contribution in [2.45, 2.75) is 25.8 Å². The minimum atomic E-state index is -0.0754. The summed E-state index contributed by atoms with van der Waals surface area (Å²) in [5, 5.41) is 7.89. The van der Waals surface area contributed by atoms with E-state index in [1.54, 1.807) is 0 Å². The van der Waals surface area contributed by atoms with E-state index in [1.165, 1.54) is 27.6 Å². The van der Waals surface area contributed by atoms with Gasteiger partial charge in [0.2, 0.25) is 5.91 Å². The summed E-state index contributed by atoms with van der Waals surface area (Å²) >= 11 is 0. The zero-order chi connectivity index (χ0) is 15.1. The van der Waals surface area contributed by atoms with Crippen molar-refractivity contribution >= 4 is 22.4 Å². The van der Waals surface area contributed by atoms with Crippen molar-refractivity contribution in [3.63, 3.8) is 0 Å². The third kappa shape index (κ3) is 2.06. The molecule has 0 bridgehead atoms. The Morgan fingerprint density at radius 1 is 1.41 bits per heavy atom. The van der Waals surface area contributed by atoms with E-state index in [2.05, 4.69) is 53.0 Å². The number of aromatic amines is 1. The van der Waals surface area contributed by atoms with Crippen LogP contribution in [0.2, 0.25) is 0 Å². The van der Waals surface area contributed by atoms with Gasteiger partial charge < -0.3 is 15.6 Å². The van der Waals surface area contributed by atoms with Crippen LogP contribution in [0.5, 0.6) is 0 Å². The molecule has 0 saturated heterocycles. The molecule has 114 valence electrons. The molecule has 4 rings (SSSR count). The highest BCUT2D eigenvalue weighted by Gasteiger charge is 2.31. The number of carbonyl (C=O) groups is 1. The molecular weight excluding hydrogens is 274 g/mol. The fourth-order valence-electron chi connectivity index (χ4n) is 3.66. The molecule has 3 N–H and O–H groups in total. The molecule has 2 atom stereocenters. The highest BCUT2D eigenvalue weighted by Crippen LogP contribution is 2.38. The summed E-state index contributed by atoms with van der Waals surface area (Å²) in [4.78, 5) is 15.6. The van der Waals surface area contributed by atoms with E-state index in [0.29, 0.717) is 6.04 Å². The van der Waals surface area contributed by atoms with Crippen LogP contribution < -0.4 is 10.6 Å². The minimum Gasteiger partial charge on any atom is -0.361 e. The molecule has 4 heteroatoms. The van der Waals surface area contributed by atoms with Gasteiger partial charge in [-0.25, -0.2) is 0 Å². The zero-order valence-electron chi connectivity index (χ0n) is 12.8. The minimum absolute atomic E-state index is 0.0754. The van der Waals surface area contributed by atoms with Gasteiger partial charge in [0.1, 0.15) is 0 Å². The largest absolute Gasteiger partial charge is 0.361 e. The van der Waals surface area contributed by atoms with Crippen LogP contribution >= 0.6 is 0 Å². The number of hydrogen-bond acceptors (Lipinski definition) is 2. The van der Waals surface area contributed by atoms with Gasteiger partial charge in [-0.15, -0.1) is 0 Å². The lowest BCUT2D eigenvalue weighted by atomic mass is 9.80. The third-order valence-electron chi connectivity index (χ3n) is 4.75. The fraction of sp³-hybridized carbons (Fsp3) is 0.389. The number of rotatable bonds is 3. The van der Waals surface area contributed by atoms with Crippen LogP contribution in [0.4, 0.5) is 0 Å². The molecule has 1 aliphatic heterocycles. The smallest absolute Gasteiger partial charge is 0.228 e. The van der Waals surface area contributed by atoms with E-state index in [1.807, 2.05) is 0 Å². The van der Waals surface area contributed by atoms with Gasteiger partial charge in [-0.05, 0) is 35.6 Å². The van der Waals surface area contributed by atoms with Crippen molar-refractivity contribution in [2.75, 3.05) is 13.1 Å². The molecule has 2 aromatic rings. The summed E-state index contributed by atoms with van der Waals surface area (Å²) in [5.41, 5.74) is 5.10. The predicted octanol–water partition coefficient (Wildman–Crippen LogP) is 2.22. The third-order valence-corrected chi connectivity index (χ3v) is 4.75. The Balaban J connectivity index is 1.73. The van der Waals surface area contributed by atoms with E-state index in [-0.39, 0.29) is 11.8 Å². The summed E-state index contributed by atoms with van der Waals surface area (Å²) in [6.07, 6.45) is 6.26. The van der Waals surface area contributed by atoms with E-state index in [4.69, 9.17) is 0 Å². The molecule has 1 aromatic carbocycles. The van der Waals surface area contributed by atoms with E-state index < -0.39 is 0 Å². The summed E-state index contributed by atoms with van der Waals surface area (Å²) in [6, 6.07) is 6.70. The second-order valence-corrected chi connectivity index (χ2v) is 6.23. The first-order chi connectivity index (χ1) is 10.8. The molecule has 22 heavy (non-hydrogen) atoms. The molecule has 0 spiro atoms. The molecule has 0 saturated carbocycles. The Morgan fingerprint density at radius 2 is 2.32 bits per heavy atom. The topological polar surface area (TPSA) is 56.9 Å².